The van der Waals surface area contributed by atoms with Crippen LogP contribution < -0.4 is 5.73 Å². The number of amides is 1. The minimum absolute atomic E-state index is 0.0375. The monoisotopic (exact) mass is 455 g/mol. The molecule has 0 saturated carbocycles. The molecule has 4 unspecified atom stereocenters. The number of aryl methyl sites for hydroxylation is 2. The molecule has 2 aliphatic carbocycles. The van der Waals surface area contributed by atoms with E-state index in [4.69, 9.17) is 5.73 Å². The summed E-state index contributed by atoms with van der Waals surface area (Å²) in [6.07, 6.45) is 6.16. The Labute approximate surface area is 193 Å². The number of fused-ring (bicyclic) bond motifs is 2. The van der Waals surface area contributed by atoms with Gasteiger partial charge in [-0.1, -0.05) is 31.2 Å². The number of carboxylic acids is 1. The van der Waals surface area contributed by atoms with E-state index in [1.807, 2.05) is 17.6 Å². The molecular formula is C25H33N3O3S. The zero-order chi connectivity index (χ0) is 22.7. The van der Waals surface area contributed by atoms with Gasteiger partial charge < -0.3 is 10.8 Å². The molecule has 0 fully saturated rings. The highest BCUT2D eigenvalue weighted by Gasteiger charge is 2.43. The molecular weight excluding hydrogens is 422 g/mol. The summed E-state index contributed by atoms with van der Waals surface area (Å²) in [7, 11) is 0. The van der Waals surface area contributed by atoms with Crippen LogP contribution in [0.5, 0.6) is 0 Å². The van der Waals surface area contributed by atoms with E-state index in [0.29, 0.717) is 18.9 Å². The number of hydrogen-bond acceptors (Lipinski definition) is 5. The van der Waals surface area contributed by atoms with Crippen molar-refractivity contribution < 1.29 is 14.7 Å². The molecule has 0 spiro atoms. The summed E-state index contributed by atoms with van der Waals surface area (Å²) in [5, 5.41) is 10.2. The van der Waals surface area contributed by atoms with Gasteiger partial charge in [0.15, 0.2) is 0 Å². The van der Waals surface area contributed by atoms with Gasteiger partial charge in [-0.2, -0.15) is 0 Å². The number of nitrogens with two attached hydrogens (primary N) is 1. The van der Waals surface area contributed by atoms with Crippen LogP contribution in [0.25, 0.3) is 0 Å². The molecule has 7 heteroatoms. The molecule has 4 atom stereocenters. The molecule has 1 aromatic heterocycles. The van der Waals surface area contributed by atoms with Gasteiger partial charge >= 0.3 is 5.97 Å². The van der Waals surface area contributed by atoms with Crippen LogP contribution >= 0.6 is 11.3 Å². The van der Waals surface area contributed by atoms with E-state index in [1.165, 1.54) is 16.1 Å². The van der Waals surface area contributed by atoms with E-state index in [9.17, 15) is 14.7 Å². The molecule has 32 heavy (non-hydrogen) atoms. The van der Waals surface area contributed by atoms with Crippen molar-refractivity contribution in [3.63, 3.8) is 0 Å². The highest BCUT2D eigenvalue weighted by Crippen LogP contribution is 2.43. The number of carbonyl (C=O) groups is 2. The van der Waals surface area contributed by atoms with Crippen LogP contribution in [0, 0.1) is 5.92 Å². The summed E-state index contributed by atoms with van der Waals surface area (Å²) in [5.41, 5.74) is 11.1. The van der Waals surface area contributed by atoms with E-state index >= 15 is 0 Å². The van der Waals surface area contributed by atoms with Gasteiger partial charge in [-0.3, -0.25) is 14.5 Å². The first kappa shape index (κ1) is 22.9. The van der Waals surface area contributed by atoms with Crippen molar-refractivity contribution in [3.8, 4) is 0 Å². The fourth-order valence-corrected chi connectivity index (χ4v) is 6.72. The lowest BCUT2D eigenvalue weighted by Crippen LogP contribution is -2.51. The van der Waals surface area contributed by atoms with Crippen molar-refractivity contribution in [3.05, 3.63) is 51.5 Å². The number of carbonyl (C=O) groups excluding carboxylic acids is 1. The third-order valence-corrected chi connectivity index (χ3v) is 8.13. The predicted octanol–water partition coefficient (Wildman–Crippen LogP) is 3.78. The molecule has 2 aromatic rings. The van der Waals surface area contributed by atoms with Crippen LogP contribution in [0.4, 0.5) is 0 Å². The van der Waals surface area contributed by atoms with Gasteiger partial charge in [-0.05, 0) is 62.6 Å². The Hall–Kier alpha value is -2.25. The van der Waals surface area contributed by atoms with E-state index < -0.39 is 11.9 Å². The fourth-order valence-electron chi connectivity index (χ4n) is 5.83. The smallest absolute Gasteiger partial charge is 0.307 e. The number of nitrogens with zero attached hydrogens (tertiary/aromatic N) is 2. The maximum absolute atomic E-state index is 12.4. The molecule has 0 bridgehead atoms. The summed E-state index contributed by atoms with van der Waals surface area (Å²) in [5.74, 6) is -1.66. The normalized spacial score (nSPS) is 23.4. The number of aliphatic carboxylic acids is 1. The number of carboxylic acid groups (broad SMARTS) is 1. The standard InChI is InChI=1S/C25H33N3O3S/c1-2-13-28(17-8-10-20-22(14-17)32-15-27-20)21(11-12-23(26)29)24-18-6-4-3-5-16(18)7-9-19(24)25(30)31/h3-6,15,17,19,21,24H,2,7-14H2,1H3,(H2,26,29)(H,30,31). The van der Waals surface area contributed by atoms with E-state index in [2.05, 4.69) is 28.9 Å². The molecule has 1 heterocycles. The Morgan fingerprint density at radius 1 is 1.28 bits per heavy atom. The molecule has 3 N–H and O–H groups in total. The lowest BCUT2D eigenvalue weighted by Gasteiger charge is -2.46. The quantitative estimate of drug-likeness (QED) is 0.600. The number of hydrogen-bond donors (Lipinski definition) is 2. The molecule has 6 nitrogen and oxygen atoms in total. The van der Waals surface area contributed by atoms with Gasteiger partial charge in [0.2, 0.25) is 5.91 Å². The van der Waals surface area contributed by atoms with Crippen LogP contribution in [-0.4, -0.2) is 45.5 Å². The summed E-state index contributed by atoms with van der Waals surface area (Å²) in [6.45, 7) is 3.05. The van der Waals surface area contributed by atoms with Gasteiger partial charge in [-0.15, -0.1) is 11.3 Å². The van der Waals surface area contributed by atoms with Gasteiger partial charge in [0.1, 0.15) is 0 Å². The third-order valence-electron chi connectivity index (χ3n) is 7.23. The molecule has 0 aliphatic heterocycles. The molecule has 4 rings (SSSR count). The lowest BCUT2D eigenvalue weighted by molar-refractivity contribution is -0.144. The van der Waals surface area contributed by atoms with E-state index in [-0.39, 0.29) is 24.3 Å². The van der Waals surface area contributed by atoms with E-state index in [0.717, 1.165) is 44.2 Å². The lowest BCUT2D eigenvalue weighted by atomic mass is 9.69. The number of rotatable bonds is 9. The maximum Gasteiger partial charge on any atom is 0.307 e. The second-order valence-electron chi connectivity index (χ2n) is 9.14. The maximum atomic E-state index is 12.4. The number of thiazole rings is 1. The molecule has 2 aliphatic rings. The highest BCUT2D eigenvalue weighted by molar-refractivity contribution is 7.09. The Morgan fingerprint density at radius 2 is 2.09 bits per heavy atom. The first-order valence-corrected chi connectivity index (χ1v) is 12.6. The largest absolute Gasteiger partial charge is 0.481 e. The Morgan fingerprint density at radius 3 is 2.84 bits per heavy atom. The van der Waals surface area contributed by atoms with Crippen molar-refractivity contribution >= 4 is 23.2 Å². The second-order valence-corrected chi connectivity index (χ2v) is 10.1. The van der Waals surface area contributed by atoms with Crippen molar-refractivity contribution in [1.82, 2.24) is 9.88 Å². The van der Waals surface area contributed by atoms with Crippen LogP contribution in [0.3, 0.4) is 0 Å². The summed E-state index contributed by atoms with van der Waals surface area (Å²) in [6, 6.07) is 8.55. The number of aromatic nitrogens is 1. The Bertz CT molecular complexity index is 959. The Balaban J connectivity index is 1.74. The second kappa shape index (κ2) is 10.1. The van der Waals surface area contributed by atoms with Gasteiger partial charge in [0, 0.05) is 29.3 Å². The summed E-state index contributed by atoms with van der Waals surface area (Å²) in [4.78, 5) is 32.6. The molecule has 0 saturated heterocycles. The minimum Gasteiger partial charge on any atom is -0.481 e. The van der Waals surface area contributed by atoms with Crippen LogP contribution in [0.15, 0.2) is 29.8 Å². The highest BCUT2D eigenvalue weighted by atomic mass is 32.1. The third kappa shape index (κ3) is 4.74. The zero-order valence-electron chi connectivity index (χ0n) is 18.7. The van der Waals surface area contributed by atoms with Crippen molar-refractivity contribution in [2.75, 3.05) is 6.54 Å². The van der Waals surface area contributed by atoms with Crippen molar-refractivity contribution in [2.45, 2.75) is 76.3 Å². The summed E-state index contributed by atoms with van der Waals surface area (Å²) < 4.78 is 0. The van der Waals surface area contributed by atoms with Gasteiger partial charge in [0.05, 0.1) is 17.1 Å². The predicted molar refractivity (Wildman–Crippen MR) is 126 cm³/mol. The zero-order valence-corrected chi connectivity index (χ0v) is 19.5. The average Bonchev–Trinajstić information content (AvgIpc) is 3.26. The SMILES string of the molecule is CCCN(C1CCc2ncsc2C1)C(CCC(N)=O)C1c2ccccc2CCC1C(=O)O. The number of benzene rings is 1. The van der Waals surface area contributed by atoms with Crippen LogP contribution in [0.2, 0.25) is 0 Å². The van der Waals surface area contributed by atoms with Crippen molar-refractivity contribution in [1.29, 1.82) is 0 Å². The fraction of sp³-hybridized carbons (Fsp3) is 0.560. The first-order valence-electron chi connectivity index (χ1n) is 11.8. The molecule has 1 aromatic carbocycles. The minimum atomic E-state index is -0.738. The Kier molecular flexibility index (Phi) is 7.26. The van der Waals surface area contributed by atoms with Crippen molar-refractivity contribution in [2.24, 2.45) is 11.7 Å². The first-order chi connectivity index (χ1) is 15.5. The molecule has 1 amide bonds. The molecule has 172 valence electrons. The molecule has 0 radical (unpaired) electrons. The van der Waals surface area contributed by atoms with Crippen LogP contribution in [0.1, 0.15) is 66.6 Å². The van der Waals surface area contributed by atoms with Gasteiger partial charge in [-0.25, -0.2) is 4.98 Å². The van der Waals surface area contributed by atoms with Crippen LogP contribution in [-0.2, 0) is 28.9 Å². The summed E-state index contributed by atoms with van der Waals surface area (Å²) >= 11 is 1.72. The number of primary amides is 1. The van der Waals surface area contributed by atoms with E-state index in [1.54, 1.807) is 11.3 Å². The average molecular weight is 456 g/mol. The van der Waals surface area contributed by atoms with Gasteiger partial charge in [0.25, 0.3) is 0 Å². The topological polar surface area (TPSA) is 96.5 Å².